The zero-order valence-electron chi connectivity index (χ0n) is 11.9. The van der Waals surface area contributed by atoms with Gasteiger partial charge < -0.3 is 9.64 Å². The van der Waals surface area contributed by atoms with E-state index in [2.05, 4.69) is 6.92 Å². The number of esters is 1. The van der Waals surface area contributed by atoms with Crippen molar-refractivity contribution in [3.63, 3.8) is 0 Å². The summed E-state index contributed by atoms with van der Waals surface area (Å²) in [7, 11) is 1.39. The summed E-state index contributed by atoms with van der Waals surface area (Å²) in [6.07, 6.45) is 4.06. The molecule has 1 amide bonds. The van der Waals surface area contributed by atoms with Gasteiger partial charge in [-0.1, -0.05) is 20.3 Å². The van der Waals surface area contributed by atoms with Crippen LogP contribution in [0.4, 0.5) is 0 Å². The van der Waals surface area contributed by atoms with Gasteiger partial charge in [-0.2, -0.15) is 0 Å². The fraction of sp³-hybridized carbons (Fsp3) is 0.857. The van der Waals surface area contributed by atoms with E-state index in [0.29, 0.717) is 6.54 Å². The summed E-state index contributed by atoms with van der Waals surface area (Å²) in [4.78, 5) is 25.7. The molecule has 0 saturated heterocycles. The molecule has 2 atom stereocenters. The Hall–Kier alpha value is -1.06. The third kappa shape index (κ3) is 3.47. The molecule has 2 unspecified atom stereocenters. The van der Waals surface area contributed by atoms with Crippen LogP contribution < -0.4 is 0 Å². The van der Waals surface area contributed by atoms with Crippen molar-refractivity contribution in [1.29, 1.82) is 0 Å². The molecule has 18 heavy (non-hydrogen) atoms. The first-order valence-electron chi connectivity index (χ1n) is 6.89. The molecule has 0 aromatic carbocycles. The SMILES string of the molecule is CCC(C)N(CC(C)C(=O)OC)C(=O)C1CCC1. The van der Waals surface area contributed by atoms with E-state index in [1.807, 2.05) is 18.7 Å². The molecule has 0 aromatic heterocycles. The highest BCUT2D eigenvalue weighted by atomic mass is 16.5. The van der Waals surface area contributed by atoms with Crippen molar-refractivity contribution in [3.05, 3.63) is 0 Å². The van der Waals surface area contributed by atoms with Crippen LogP contribution in [-0.2, 0) is 14.3 Å². The summed E-state index contributed by atoms with van der Waals surface area (Å²) in [5, 5.41) is 0. The van der Waals surface area contributed by atoms with E-state index < -0.39 is 0 Å². The van der Waals surface area contributed by atoms with Gasteiger partial charge in [-0.3, -0.25) is 9.59 Å². The minimum absolute atomic E-state index is 0.184. The molecule has 4 heteroatoms. The third-order valence-electron chi connectivity index (χ3n) is 3.93. The minimum atomic E-state index is -0.256. The Morgan fingerprint density at radius 3 is 2.33 bits per heavy atom. The Labute approximate surface area is 110 Å². The molecule has 1 saturated carbocycles. The number of amides is 1. The van der Waals surface area contributed by atoms with Crippen LogP contribution in [0, 0.1) is 11.8 Å². The first-order valence-corrected chi connectivity index (χ1v) is 6.89. The maximum atomic E-state index is 12.3. The smallest absolute Gasteiger partial charge is 0.310 e. The van der Waals surface area contributed by atoms with Crippen LogP contribution in [0.1, 0.15) is 46.5 Å². The van der Waals surface area contributed by atoms with Crippen molar-refractivity contribution in [2.75, 3.05) is 13.7 Å². The average molecular weight is 255 g/mol. The van der Waals surface area contributed by atoms with Crippen molar-refractivity contribution in [2.45, 2.75) is 52.5 Å². The molecule has 0 N–H and O–H groups in total. The molecule has 1 aliphatic carbocycles. The topological polar surface area (TPSA) is 46.6 Å². The van der Waals surface area contributed by atoms with E-state index >= 15 is 0 Å². The van der Waals surface area contributed by atoms with E-state index in [1.54, 1.807) is 0 Å². The maximum Gasteiger partial charge on any atom is 0.310 e. The molecule has 1 aliphatic rings. The minimum Gasteiger partial charge on any atom is -0.469 e. The van der Waals surface area contributed by atoms with E-state index in [4.69, 9.17) is 4.74 Å². The lowest BCUT2D eigenvalue weighted by Crippen LogP contribution is -2.46. The van der Waals surface area contributed by atoms with Crippen LogP contribution in [0.2, 0.25) is 0 Å². The summed E-state index contributed by atoms with van der Waals surface area (Å²) in [6, 6.07) is 0.185. The van der Waals surface area contributed by atoms with E-state index in [9.17, 15) is 9.59 Å². The Bertz CT molecular complexity index is 299. The number of ether oxygens (including phenoxy) is 1. The predicted molar refractivity (Wildman–Crippen MR) is 70.0 cm³/mol. The first kappa shape index (κ1) is 15.0. The molecule has 0 heterocycles. The van der Waals surface area contributed by atoms with E-state index in [1.165, 1.54) is 7.11 Å². The highest BCUT2D eigenvalue weighted by Gasteiger charge is 2.32. The predicted octanol–water partition coefficient (Wildman–Crippen LogP) is 2.22. The van der Waals surface area contributed by atoms with Crippen LogP contribution >= 0.6 is 0 Å². The fourth-order valence-corrected chi connectivity index (χ4v) is 2.17. The molecule has 1 fully saturated rings. The average Bonchev–Trinajstić information content (AvgIpc) is 2.31. The van der Waals surface area contributed by atoms with Crippen LogP contribution in [0.25, 0.3) is 0 Å². The Balaban J connectivity index is 2.65. The lowest BCUT2D eigenvalue weighted by molar-refractivity contribution is -0.148. The van der Waals surface area contributed by atoms with Crippen LogP contribution in [-0.4, -0.2) is 36.5 Å². The second kappa shape index (κ2) is 6.76. The highest BCUT2D eigenvalue weighted by molar-refractivity contribution is 5.81. The van der Waals surface area contributed by atoms with Gasteiger partial charge in [0.2, 0.25) is 5.91 Å². The van der Waals surface area contributed by atoms with Gasteiger partial charge >= 0.3 is 5.97 Å². The summed E-state index contributed by atoms with van der Waals surface area (Å²) in [6.45, 7) is 6.39. The normalized spacial score (nSPS) is 18.7. The summed E-state index contributed by atoms with van der Waals surface area (Å²) in [5.41, 5.74) is 0. The lowest BCUT2D eigenvalue weighted by Gasteiger charge is -2.36. The van der Waals surface area contributed by atoms with Crippen molar-refractivity contribution in [3.8, 4) is 0 Å². The molecule has 0 radical (unpaired) electrons. The van der Waals surface area contributed by atoms with Crippen LogP contribution in [0.5, 0.6) is 0 Å². The van der Waals surface area contributed by atoms with Gasteiger partial charge in [0.05, 0.1) is 13.0 Å². The van der Waals surface area contributed by atoms with Crippen molar-refractivity contribution < 1.29 is 14.3 Å². The molecule has 4 nitrogen and oxygen atoms in total. The van der Waals surface area contributed by atoms with Crippen molar-refractivity contribution in [2.24, 2.45) is 11.8 Å². The summed E-state index contributed by atoms with van der Waals surface area (Å²) >= 11 is 0. The molecule has 1 rings (SSSR count). The molecule has 0 spiro atoms. The monoisotopic (exact) mass is 255 g/mol. The van der Waals surface area contributed by atoms with Gasteiger partial charge in [0.25, 0.3) is 0 Å². The number of rotatable bonds is 6. The Morgan fingerprint density at radius 2 is 1.94 bits per heavy atom. The third-order valence-corrected chi connectivity index (χ3v) is 3.93. The molecular formula is C14H25NO3. The number of carbonyl (C=O) groups is 2. The van der Waals surface area contributed by atoms with E-state index in [0.717, 1.165) is 25.7 Å². The molecule has 0 aliphatic heterocycles. The van der Waals surface area contributed by atoms with Gasteiger partial charge in [-0.05, 0) is 26.2 Å². The van der Waals surface area contributed by atoms with Crippen molar-refractivity contribution in [1.82, 2.24) is 4.90 Å². The van der Waals surface area contributed by atoms with Gasteiger partial charge in [-0.15, -0.1) is 0 Å². The number of carbonyl (C=O) groups excluding carboxylic acids is 2. The quantitative estimate of drug-likeness (QED) is 0.684. The van der Waals surface area contributed by atoms with Crippen LogP contribution in [0.3, 0.4) is 0 Å². The summed E-state index contributed by atoms with van der Waals surface area (Å²) in [5.74, 6) is -0.104. The Kier molecular flexibility index (Phi) is 5.63. The molecular weight excluding hydrogens is 230 g/mol. The van der Waals surface area contributed by atoms with Gasteiger partial charge in [0, 0.05) is 18.5 Å². The maximum absolute atomic E-state index is 12.3. The van der Waals surface area contributed by atoms with Crippen LogP contribution in [0.15, 0.2) is 0 Å². The molecule has 0 bridgehead atoms. The largest absolute Gasteiger partial charge is 0.469 e. The molecule has 0 aromatic rings. The number of hydrogen-bond acceptors (Lipinski definition) is 3. The zero-order chi connectivity index (χ0) is 13.7. The van der Waals surface area contributed by atoms with Crippen molar-refractivity contribution >= 4 is 11.9 Å². The zero-order valence-corrected chi connectivity index (χ0v) is 11.9. The standard InChI is InChI=1S/C14H25NO3/c1-5-11(3)15(9-10(2)14(17)18-4)13(16)12-7-6-8-12/h10-12H,5-9H2,1-4H3. The lowest BCUT2D eigenvalue weighted by atomic mass is 9.84. The number of methoxy groups -OCH3 is 1. The van der Waals surface area contributed by atoms with E-state index in [-0.39, 0.29) is 29.8 Å². The number of nitrogens with zero attached hydrogens (tertiary/aromatic N) is 1. The van der Waals surface area contributed by atoms with Gasteiger partial charge in [0.1, 0.15) is 0 Å². The summed E-state index contributed by atoms with van der Waals surface area (Å²) < 4.78 is 4.73. The van der Waals surface area contributed by atoms with Gasteiger partial charge in [0.15, 0.2) is 0 Å². The second-order valence-corrected chi connectivity index (χ2v) is 5.30. The second-order valence-electron chi connectivity index (χ2n) is 5.30. The molecule has 104 valence electrons. The number of hydrogen-bond donors (Lipinski definition) is 0. The fourth-order valence-electron chi connectivity index (χ4n) is 2.17. The highest BCUT2D eigenvalue weighted by Crippen LogP contribution is 2.29. The van der Waals surface area contributed by atoms with Gasteiger partial charge in [-0.25, -0.2) is 0 Å². The Morgan fingerprint density at radius 1 is 1.33 bits per heavy atom. The first-order chi connectivity index (χ1) is 8.51.